The highest BCUT2D eigenvalue weighted by atomic mass is 19.1. The van der Waals surface area contributed by atoms with E-state index in [0.717, 1.165) is 11.1 Å². The lowest BCUT2D eigenvalue weighted by atomic mass is 10.1. The van der Waals surface area contributed by atoms with Gasteiger partial charge in [0.2, 0.25) is 0 Å². The standard InChI is InChI=1S/C16H15FN2/c1-12(15-5-7-16(17)8-6-15)19-11-14-4-2-3-13(9-14)10-18/h2-9,12,19H,11H2,1H3/t12-/m0/s1. The predicted octanol–water partition coefficient (Wildman–Crippen LogP) is 3.55. The summed E-state index contributed by atoms with van der Waals surface area (Å²) in [6.45, 7) is 2.70. The minimum atomic E-state index is -0.224. The lowest BCUT2D eigenvalue weighted by molar-refractivity contribution is 0.571. The molecule has 0 spiro atoms. The minimum Gasteiger partial charge on any atom is -0.306 e. The average molecular weight is 254 g/mol. The SMILES string of the molecule is C[C@H](NCc1cccc(C#N)c1)c1ccc(F)cc1. The van der Waals surface area contributed by atoms with Crippen molar-refractivity contribution in [1.82, 2.24) is 5.32 Å². The van der Waals surface area contributed by atoms with Gasteiger partial charge in [-0.3, -0.25) is 0 Å². The number of halogens is 1. The normalized spacial score (nSPS) is 11.8. The largest absolute Gasteiger partial charge is 0.306 e. The van der Waals surface area contributed by atoms with Gasteiger partial charge in [0, 0.05) is 12.6 Å². The number of nitriles is 1. The van der Waals surface area contributed by atoms with E-state index in [1.54, 1.807) is 18.2 Å². The Labute approximate surface area is 112 Å². The van der Waals surface area contributed by atoms with Gasteiger partial charge in [0.05, 0.1) is 11.6 Å². The molecule has 2 aromatic rings. The Morgan fingerprint density at radius 2 is 1.95 bits per heavy atom. The molecule has 2 aromatic carbocycles. The molecule has 2 nitrogen and oxygen atoms in total. The van der Waals surface area contributed by atoms with Gasteiger partial charge in [0.25, 0.3) is 0 Å². The van der Waals surface area contributed by atoms with E-state index in [1.165, 1.54) is 12.1 Å². The van der Waals surface area contributed by atoms with Gasteiger partial charge in [-0.1, -0.05) is 24.3 Å². The molecule has 0 radical (unpaired) electrons. The van der Waals surface area contributed by atoms with Crippen molar-refractivity contribution in [2.24, 2.45) is 0 Å². The van der Waals surface area contributed by atoms with Crippen molar-refractivity contribution >= 4 is 0 Å². The molecule has 2 rings (SSSR count). The molecule has 0 bridgehead atoms. The Balaban J connectivity index is 1.98. The fraction of sp³-hybridized carbons (Fsp3) is 0.188. The first kappa shape index (κ1) is 13.3. The van der Waals surface area contributed by atoms with Crippen LogP contribution in [0.4, 0.5) is 4.39 Å². The van der Waals surface area contributed by atoms with Crippen LogP contribution in [0.1, 0.15) is 29.7 Å². The molecule has 19 heavy (non-hydrogen) atoms. The van der Waals surface area contributed by atoms with Gasteiger partial charge < -0.3 is 5.32 Å². The molecule has 0 saturated heterocycles. The maximum absolute atomic E-state index is 12.8. The summed E-state index contributed by atoms with van der Waals surface area (Å²) < 4.78 is 12.8. The summed E-state index contributed by atoms with van der Waals surface area (Å²) in [5.41, 5.74) is 2.76. The van der Waals surface area contributed by atoms with Crippen molar-refractivity contribution in [1.29, 1.82) is 5.26 Å². The first-order valence-corrected chi connectivity index (χ1v) is 6.17. The summed E-state index contributed by atoms with van der Waals surface area (Å²) in [5, 5.41) is 12.2. The van der Waals surface area contributed by atoms with Crippen molar-refractivity contribution in [3.63, 3.8) is 0 Å². The third-order valence-corrected chi connectivity index (χ3v) is 3.04. The Kier molecular flexibility index (Phi) is 4.27. The second-order valence-corrected chi connectivity index (χ2v) is 4.47. The summed E-state index contributed by atoms with van der Waals surface area (Å²) in [7, 11) is 0. The fourth-order valence-electron chi connectivity index (χ4n) is 1.89. The summed E-state index contributed by atoms with van der Waals surface area (Å²) in [5.74, 6) is -0.224. The van der Waals surface area contributed by atoms with Crippen LogP contribution in [0.3, 0.4) is 0 Å². The van der Waals surface area contributed by atoms with Crippen molar-refractivity contribution in [3.05, 3.63) is 71.0 Å². The van der Waals surface area contributed by atoms with Crippen LogP contribution in [0.15, 0.2) is 48.5 Å². The van der Waals surface area contributed by atoms with E-state index in [1.807, 2.05) is 25.1 Å². The molecular formula is C16H15FN2. The van der Waals surface area contributed by atoms with Crippen molar-refractivity contribution in [2.75, 3.05) is 0 Å². The van der Waals surface area contributed by atoms with E-state index in [9.17, 15) is 4.39 Å². The molecule has 0 heterocycles. The Morgan fingerprint density at radius 3 is 2.63 bits per heavy atom. The van der Waals surface area contributed by atoms with Crippen molar-refractivity contribution < 1.29 is 4.39 Å². The van der Waals surface area contributed by atoms with Crippen LogP contribution in [-0.4, -0.2) is 0 Å². The summed E-state index contributed by atoms with van der Waals surface area (Å²) in [6, 6.07) is 16.2. The molecule has 0 aliphatic rings. The number of hydrogen-bond acceptors (Lipinski definition) is 2. The van der Waals surface area contributed by atoms with Gasteiger partial charge in [-0.15, -0.1) is 0 Å². The zero-order valence-electron chi connectivity index (χ0n) is 10.7. The minimum absolute atomic E-state index is 0.131. The second-order valence-electron chi connectivity index (χ2n) is 4.47. The smallest absolute Gasteiger partial charge is 0.123 e. The average Bonchev–Trinajstić information content (AvgIpc) is 2.46. The molecular weight excluding hydrogens is 239 g/mol. The zero-order valence-corrected chi connectivity index (χ0v) is 10.7. The number of nitrogens with zero attached hydrogens (tertiary/aromatic N) is 1. The highest BCUT2D eigenvalue weighted by Crippen LogP contribution is 2.14. The van der Waals surface area contributed by atoms with Crippen LogP contribution in [0.25, 0.3) is 0 Å². The summed E-state index contributed by atoms with van der Waals surface area (Å²) in [4.78, 5) is 0. The maximum atomic E-state index is 12.8. The Morgan fingerprint density at radius 1 is 1.21 bits per heavy atom. The second kappa shape index (κ2) is 6.12. The van der Waals surface area contributed by atoms with E-state index in [0.29, 0.717) is 12.1 Å². The van der Waals surface area contributed by atoms with Gasteiger partial charge in [-0.05, 0) is 42.3 Å². The van der Waals surface area contributed by atoms with Crippen molar-refractivity contribution in [2.45, 2.75) is 19.5 Å². The van der Waals surface area contributed by atoms with Crippen LogP contribution < -0.4 is 5.32 Å². The van der Waals surface area contributed by atoms with E-state index >= 15 is 0 Å². The molecule has 0 saturated carbocycles. The molecule has 0 aromatic heterocycles. The van der Waals surface area contributed by atoms with Crippen molar-refractivity contribution in [3.8, 4) is 6.07 Å². The highest BCUT2D eigenvalue weighted by Gasteiger charge is 2.05. The van der Waals surface area contributed by atoms with Gasteiger partial charge in [0.15, 0.2) is 0 Å². The molecule has 0 unspecified atom stereocenters. The molecule has 3 heteroatoms. The molecule has 1 N–H and O–H groups in total. The van der Waals surface area contributed by atoms with Crippen LogP contribution in [0.5, 0.6) is 0 Å². The Hall–Kier alpha value is -2.18. The van der Waals surface area contributed by atoms with E-state index < -0.39 is 0 Å². The first-order chi connectivity index (χ1) is 9.19. The number of benzene rings is 2. The lowest BCUT2D eigenvalue weighted by Gasteiger charge is -2.14. The fourth-order valence-corrected chi connectivity index (χ4v) is 1.89. The van der Waals surface area contributed by atoms with Gasteiger partial charge >= 0.3 is 0 Å². The molecule has 1 atom stereocenters. The van der Waals surface area contributed by atoms with E-state index in [2.05, 4.69) is 11.4 Å². The number of nitrogens with one attached hydrogen (secondary N) is 1. The van der Waals surface area contributed by atoms with Crippen LogP contribution in [-0.2, 0) is 6.54 Å². The first-order valence-electron chi connectivity index (χ1n) is 6.17. The number of rotatable bonds is 4. The topological polar surface area (TPSA) is 35.8 Å². The Bertz CT molecular complexity index is 584. The molecule has 96 valence electrons. The maximum Gasteiger partial charge on any atom is 0.123 e. The molecule has 0 aliphatic heterocycles. The lowest BCUT2D eigenvalue weighted by Crippen LogP contribution is -2.18. The van der Waals surface area contributed by atoms with Crippen LogP contribution in [0, 0.1) is 17.1 Å². The van der Waals surface area contributed by atoms with Crippen LogP contribution in [0.2, 0.25) is 0 Å². The van der Waals surface area contributed by atoms with Gasteiger partial charge in [-0.25, -0.2) is 4.39 Å². The quantitative estimate of drug-likeness (QED) is 0.905. The summed E-state index contributed by atoms with van der Waals surface area (Å²) >= 11 is 0. The monoisotopic (exact) mass is 254 g/mol. The highest BCUT2D eigenvalue weighted by molar-refractivity contribution is 5.32. The van der Waals surface area contributed by atoms with E-state index in [-0.39, 0.29) is 11.9 Å². The summed E-state index contributed by atoms with van der Waals surface area (Å²) in [6.07, 6.45) is 0. The third kappa shape index (κ3) is 3.64. The molecule has 0 fully saturated rings. The number of hydrogen-bond donors (Lipinski definition) is 1. The van der Waals surface area contributed by atoms with Gasteiger partial charge in [0.1, 0.15) is 5.82 Å². The zero-order chi connectivity index (χ0) is 13.7. The van der Waals surface area contributed by atoms with E-state index in [4.69, 9.17) is 5.26 Å². The predicted molar refractivity (Wildman–Crippen MR) is 72.8 cm³/mol. The molecule has 0 aliphatic carbocycles. The van der Waals surface area contributed by atoms with Gasteiger partial charge in [-0.2, -0.15) is 5.26 Å². The molecule has 0 amide bonds. The third-order valence-electron chi connectivity index (χ3n) is 3.04. The van der Waals surface area contributed by atoms with Crippen LogP contribution >= 0.6 is 0 Å².